The fourth-order valence-corrected chi connectivity index (χ4v) is 1.44. The molecule has 1 heterocycles. The molecule has 0 saturated heterocycles. The predicted octanol–water partition coefficient (Wildman–Crippen LogP) is 2.72. The van der Waals surface area contributed by atoms with E-state index in [1.807, 2.05) is 26.0 Å². The molecule has 2 unspecified atom stereocenters. The normalized spacial score (nSPS) is 15.4. The van der Waals surface area contributed by atoms with Gasteiger partial charge in [0.15, 0.2) is 0 Å². The molecule has 0 spiro atoms. The lowest BCUT2D eigenvalue weighted by Crippen LogP contribution is -2.15. The summed E-state index contributed by atoms with van der Waals surface area (Å²) < 4.78 is 0.967. The van der Waals surface area contributed by atoms with Crippen molar-refractivity contribution >= 4 is 15.9 Å². The molecule has 0 aliphatic rings. The van der Waals surface area contributed by atoms with Crippen LogP contribution in [0.5, 0.6) is 0 Å². The fraction of sp³-hybridized carbons (Fsp3) is 0.500. The van der Waals surface area contributed by atoms with E-state index in [-0.39, 0.29) is 12.0 Å². The highest BCUT2D eigenvalue weighted by atomic mass is 79.9. The second-order valence-corrected chi connectivity index (χ2v) is 4.08. The third kappa shape index (κ3) is 2.78. The van der Waals surface area contributed by atoms with Crippen molar-refractivity contribution in [1.29, 1.82) is 0 Å². The van der Waals surface area contributed by atoms with Gasteiger partial charge in [-0.2, -0.15) is 0 Å². The van der Waals surface area contributed by atoms with E-state index in [4.69, 9.17) is 0 Å². The van der Waals surface area contributed by atoms with Crippen LogP contribution in [0.4, 0.5) is 0 Å². The number of pyridine rings is 1. The first-order valence-electron chi connectivity index (χ1n) is 4.44. The van der Waals surface area contributed by atoms with Gasteiger partial charge in [0.05, 0.1) is 6.10 Å². The molecule has 1 aromatic rings. The molecule has 0 bridgehead atoms. The molecule has 2 nitrogen and oxygen atoms in total. The number of nitrogens with zero attached hydrogens (tertiary/aromatic N) is 1. The van der Waals surface area contributed by atoms with Gasteiger partial charge >= 0.3 is 0 Å². The quantitative estimate of drug-likeness (QED) is 0.886. The molecule has 0 fully saturated rings. The van der Waals surface area contributed by atoms with Crippen molar-refractivity contribution in [3.63, 3.8) is 0 Å². The van der Waals surface area contributed by atoms with Gasteiger partial charge in [-0.05, 0) is 34.5 Å². The first-order chi connectivity index (χ1) is 6.15. The van der Waals surface area contributed by atoms with E-state index in [1.54, 1.807) is 6.20 Å². The lowest BCUT2D eigenvalue weighted by Gasteiger charge is -2.16. The van der Waals surface area contributed by atoms with Crippen LogP contribution in [0.25, 0.3) is 0 Å². The Labute approximate surface area is 87.1 Å². The van der Waals surface area contributed by atoms with Gasteiger partial charge in [-0.25, -0.2) is 0 Å². The maximum Gasteiger partial charge on any atom is 0.0618 e. The van der Waals surface area contributed by atoms with E-state index < -0.39 is 0 Å². The van der Waals surface area contributed by atoms with Gasteiger partial charge < -0.3 is 5.11 Å². The van der Waals surface area contributed by atoms with Crippen molar-refractivity contribution in [1.82, 2.24) is 4.98 Å². The standard InChI is InChI=1S/C10H14BrNO/c1-3-10(13)7(2)9-5-4-8(11)6-12-9/h4-7,10,13H,3H2,1-2H3. The summed E-state index contributed by atoms with van der Waals surface area (Å²) in [5, 5.41) is 9.60. The van der Waals surface area contributed by atoms with Crippen molar-refractivity contribution in [3.8, 4) is 0 Å². The molecule has 0 aromatic carbocycles. The van der Waals surface area contributed by atoms with Gasteiger partial charge in [0, 0.05) is 22.3 Å². The van der Waals surface area contributed by atoms with Crippen LogP contribution in [0.2, 0.25) is 0 Å². The highest BCUT2D eigenvalue weighted by molar-refractivity contribution is 9.10. The summed E-state index contributed by atoms with van der Waals surface area (Å²) in [7, 11) is 0. The zero-order chi connectivity index (χ0) is 9.84. The molecule has 1 aromatic heterocycles. The van der Waals surface area contributed by atoms with Crippen LogP contribution in [0.15, 0.2) is 22.8 Å². The van der Waals surface area contributed by atoms with Gasteiger partial charge in [0.1, 0.15) is 0 Å². The topological polar surface area (TPSA) is 33.1 Å². The van der Waals surface area contributed by atoms with Gasteiger partial charge in [0.25, 0.3) is 0 Å². The molecule has 0 aliphatic heterocycles. The van der Waals surface area contributed by atoms with Crippen LogP contribution in [0.3, 0.4) is 0 Å². The number of aliphatic hydroxyl groups is 1. The third-order valence-corrected chi connectivity index (χ3v) is 2.68. The molecule has 13 heavy (non-hydrogen) atoms. The second kappa shape index (κ2) is 4.72. The van der Waals surface area contributed by atoms with Gasteiger partial charge in [0.2, 0.25) is 0 Å². The minimum atomic E-state index is -0.298. The fourth-order valence-electron chi connectivity index (χ4n) is 1.21. The van der Waals surface area contributed by atoms with E-state index in [0.717, 1.165) is 16.6 Å². The Bertz CT molecular complexity index is 260. The Kier molecular flexibility index (Phi) is 3.88. The second-order valence-electron chi connectivity index (χ2n) is 3.17. The molecular formula is C10H14BrNO. The zero-order valence-corrected chi connectivity index (χ0v) is 9.45. The summed E-state index contributed by atoms with van der Waals surface area (Å²) in [5.74, 6) is 0.109. The monoisotopic (exact) mass is 243 g/mol. The Morgan fingerprint density at radius 3 is 2.69 bits per heavy atom. The number of rotatable bonds is 3. The van der Waals surface area contributed by atoms with Gasteiger partial charge in [-0.15, -0.1) is 0 Å². The van der Waals surface area contributed by atoms with Crippen LogP contribution in [-0.2, 0) is 0 Å². The highest BCUT2D eigenvalue weighted by Crippen LogP contribution is 2.20. The number of halogens is 1. The number of hydrogen-bond donors (Lipinski definition) is 1. The summed E-state index contributed by atoms with van der Waals surface area (Å²) in [6.45, 7) is 3.96. The summed E-state index contributed by atoms with van der Waals surface area (Å²) in [4.78, 5) is 4.24. The highest BCUT2D eigenvalue weighted by Gasteiger charge is 2.14. The maximum absolute atomic E-state index is 9.60. The summed E-state index contributed by atoms with van der Waals surface area (Å²) in [5.41, 5.74) is 0.942. The molecule has 1 rings (SSSR count). The van der Waals surface area contributed by atoms with Crippen LogP contribution < -0.4 is 0 Å². The SMILES string of the molecule is CCC(O)C(C)c1ccc(Br)cn1. The number of aliphatic hydroxyl groups excluding tert-OH is 1. The molecule has 0 amide bonds. The lowest BCUT2D eigenvalue weighted by atomic mass is 9.98. The van der Waals surface area contributed by atoms with E-state index >= 15 is 0 Å². The van der Waals surface area contributed by atoms with Crippen molar-refractivity contribution in [3.05, 3.63) is 28.5 Å². The van der Waals surface area contributed by atoms with Crippen molar-refractivity contribution in [2.75, 3.05) is 0 Å². The average molecular weight is 244 g/mol. The predicted molar refractivity (Wildman–Crippen MR) is 56.6 cm³/mol. The molecule has 0 aliphatic carbocycles. The number of hydrogen-bond acceptors (Lipinski definition) is 2. The van der Waals surface area contributed by atoms with E-state index in [0.29, 0.717) is 0 Å². The zero-order valence-electron chi connectivity index (χ0n) is 7.87. The Balaban J connectivity index is 2.77. The summed E-state index contributed by atoms with van der Waals surface area (Å²) in [6, 6.07) is 3.88. The summed E-state index contributed by atoms with van der Waals surface area (Å²) in [6.07, 6.45) is 2.22. The van der Waals surface area contributed by atoms with Crippen molar-refractivity contribution in [2.24, 2.45) is 0 Å². The van der Waals surface area contributed by atoms with Gasteiger partial charge in [-0.3, -0.25) is 4.98 Å². The minimum Gasteiger partial charge on any atom is -0.392 e. The summed E-state index contributed by atoms with van der Waals surface area (Å²) >= 11 is 3.32. The largest absolute Gasteiger partial charge is 0.392 e. The van der Waals surface area contributed by atoms with Crippen molar-refractivity contribution in [2.45, 2.75) is 32.3 Å². The van der Waals surface area contributed by atoms with E-state index in [9.17, 15) is 5.11 Å². The van der Waals surface area contributed by atoms with Gasteiger partial charge in [-0.1, -0.05) is 13.8 Å². The van der Waals surface area contributed by atoms with Crippen LogP contribution >= 0.6 is 15.9 Å². The molecule has 3 heteroatoms. The average Bonchev–Trinajstić information content (AvgIpc) is 2.17. The minimum absolute atomic E-state index is 0.109. The third-order valence-electron chi connectivity index (χ3n) is 2.21. The maximum atomic E-state index is 9.60. The van der Waals surface area contributed by atoms with E-state index in [1.165, 1.54) is 0 Å². The van der Waals surface area contributed by atoms with Crippen LogP contribution in [0.1, 0.15) is 31.9 Å². The molecule has 1 N–H and O–H groups in total. The lowest BCUT2D eigenvalue weighted by molar-refractivity contribution is 0.143. The molecule has 2 atom stereocenters. The Hall–Kier alpha value is -0.410. The van der Waals surface area contributed by atoms with E-state index in [2.05, 4.69) is 20.9 Å². The van der Waals surface area contributed by atoms with Crippen molar-refractivity contribution < 1.29 is 5.11 Å². The smallest absolute Gasteiger partial charge is 0.0618 e. The number of aromatic nitrogens is 1. The first kappa shape index (κ1) is 10.7. The first-order valence-corrected chi connectivity index (χ1v) is 5.24. The molecule has 0 saturated carbocycles. The van der Waals surface area contributed by atoms with Crippen LogP contribution in [0, 0.1) is 0 Å². The molecule has 72 valence electrons. The Morgan fingerprint density at radius 1 is 1.54 bits per heavy atom. The Morgan fingerprint density at radius 2 is 2.23 bits per heavy atom. The van der Waals surface area contributed by atoms with Crippen LogP contribution in [-0.4, -0.2) is 16.2 Å². The molecule has 0 radical (unpaired) electrons. The molecular weight excluding hydrogens is 230 g/mol.